The van der Waals surface area contributed by atoms with Crippen molar-refractivity contribution in [3.05, 3.63) is 0 Å². The lowest BCUT2D eigenvalue weighted by molar-refractivity contribution is -0.00116. The summed E-state index contributed by atoms with van der Waals surface area (Å²) in [5, 5.41) is 13.2. The molecule has 0 bridgehead atoms. The van der Waals surface area contributed by atoms with Crippen LogP contribution < -0.4 is 5.32 Å². The zero-order chi connectivity index (χ0) is 15.6. The maximum absolute atomic E-state index is 9.69. The zero-order valence-corrected chi connectivity index (χ0v) is 14.4. The number of ether oxygens (including phenoxy) is 1. The first-order valence-corrected chi connectivity index (χ1v) is 8.89. The number of nitrogens with zero attached hydrogens (tertiary/aromatic N) is 1. The first kappa shape index (κ1) is 18.9. The Hall–Kier alpha value is -0.160. The summed E-state index contributed by atoms with van der Waals surface area (Å²) in [6, 6.07) is 0. The van der Waals surface area contributed by atoms with E-state index >= 15 is 0 Å². The number of hydrogen-bond acceptors (Lipinski definition) is 4. The number of hydrogen-bond donors (Lipinski definition) is 2. The van der Waals surface area contributed by atoms with Gasteiger partial charge in [-0.1, -0.05) is 20.8 Å². The molecule has 1 aliphatic rings. The first-order valence-electron chi connectivity index (χ1n) is 8.89. The summed E-state index contributed by atoms with van der Waals surface area (Å²) in [6.07, 6.45) is 7.17. The average Bonchev–Trinajstić information content (AvgIpc) is 2.52. The fourth-order valence-corrected chi connectivity index (χ4v) is 3.29. The van der Waals surface area contributed by atoms with Gasteiger partial charge in [-0.05, 0) is 58.2 Å². The van der Waals surface area contributed by atoms with Gasteiger partial charge in [0.15, 0.2) is 0 Å². The third-order valence-corrected chi connectivity index (χ3v) is 4.68. The van der Waals surface area contributed by atoms with Crippen LogP contribution in [-0.4, -0.2) is 61.0 Å². The molecule has 1 heterocycles. The van der Waals surface area contributed by atoms with Crippen molar-refractivity contribution in [1.29, 1.82) is 0 Å². The summed E-state index contributed by atoms with van der Waals surface area (Å²) in [5.41, 5.74) is -0.0807. The van der Waals surface area contributed by atoms with Crippen molar-refractivity contribution < 1.29 is 9.84 Å². The molecule has 1 saturated heterocycles. The van der Waals surface area contributed by atoms with Crippen LogP contribution in [0.5, 0.6) is 0 Å². The molecular weight excluding hydrogens is 264 g/mol. The second-order valence-corrected chi connectivity index (χ2v) is 6.36. The molecular formula is C17H36N2O2. The highest BCUT2D eigenvalue weighted by Gasteiger charge is 2.26. The van der Waals surface area contributed by atoms with Gasteiger partial charge in [0.05, 0.1) is 12.7 Å². The molecule has 0 saturated carbocycles. The quantitative estimate of drug-likeness (QED) is 0.615. The third kappa shape index (κ3) is 6.64. The van der Waals surface area contributed by atoms with Crippen molar-refractivity contribution in [3.8, 4) is 0 Å². The van der Waals surface area contributed by atoms with Crippen LogP contribution in [0, 0.1) is 0 Å². The number of likely N-dealkylation sites (tertiary alicyclic amines) is 1. The standard InChI is InChI=1S/C17H36N2O2/c1-4-13-21-16-9-7-11-19(14-16)12-8-10-17(5-2,15-20)18-6-3/h16,18,20H,4-15H2,1-3H3. The van der Waals surface area contributed by atoms with Crippen LogP contribution >= 0.6 is 0 Å². The van der Waals surface area contributed by atoms with E-state index in [1.807, 2.05) is 0 Å². The minimum Gasteiger partial charge on any atom is -0.394 e. The Bertz CT molecular complexity index is 257. The molecule has 0 radical (unpaired) electrons. The average molecular weight is 300 g/mol. The van der Waals surface area contributed by atoms with Crippen LogP contribution in [0.25, 0.3) is 0 Å². The highest BCUT2D eigenvalue weighted by atomic mass is 16.5. The minimum absolute atomic E-state index is 0.0807. The summed E-state index contributed by atoms with van der Waals surface area (Å²) < 4.78 is 5.90. The van der Waals surface area contributed by atoms with E-state index in [1.165, 1.54) is 19.4 Å². The van der Waals surface area contributed by atoms with Gasteiger partial charge in [-0.15, -0.1) is 0 Å². The van der Waals surface area contributed by atoms with E-state index < -0.39 is 0 Å². The van der Waals surface area contributed by atoms with E-state index in [2.05, 4.69) is 31.0 Å². The molecule has 2 atom stereocenters. The van der Waals surface area contributed by atoms with Gasteiger partial charge in [0.1, 0.15) is 0 Å². The maximum Gasteiger partial charge on any atom is 0.0702 e. The largest absolute Gasteiger partial charge is 0.394 e. The molecule has 21 heavy (non-hydrogen) atoms. The van der Waals surface area contributed by atoms with Gasteiger partial charge in [0.25, 0.3) is 0 Å². The summed E-state index contributed by atoms with van der Waals surface area (Å²) in [7, 11) is 0. The lowest BCUT2D eigenvalue weighted by Crippen LogP contribution is -2.48. The van der Waals surface area contributed by atoms with Crippen molar-refractivity contribution in [2.75, 3.05) is 39.4 Å². The van der Waals surface area contributed by atoms with Crippen LogP contribution in [0.15, 0.2) is 0 Å². The summed E-state index contributed by atoms with van der Waals surface area (Å²) >= 11 is 0. The Morgan fingerprint density at radius 1 is 1.33 bits per heavy atom. The van der Waals surface area contributed by atoms with Crippen LogP contribution in [0.2, 0.25) is 0 Å². The predicted molar refractivity (Wildman–Crippen MR) is 88.7 cm³/mol. The first-order chi connectivity index (χ1) is 10.2. The van der Waals surface area contributed by atoms with Gasteiger partial charge in [0, 0.05) is 18.7 Å². The molecule has 2 unspecified atom stereocenters. The number of aliphatic hydroxyl groups is 1. The van der Waals surface area contributed by atoms with Gasteiger partial charge in [-0.25, -0.2) is 0 Å². The highest BCUT2D eigenvalue weighted by Crippen LogP contribution is 2.19. The Morgan fingerprint density at radius 3 is 2.76 bits per heavy atom. The lowest BCUT2D eigenvalue weighted by Gasteiger charge is -2.35. The number of piperidine rings is 1. The van der Waals surface area contributed by atoms with E-state index in [-0.39, 0.29) is 12.1 Å². The van der Waals surface area contributed by atoms with Gasteiger partial charge in [-0.2, -0.15) is 0 Å². The fraction of sp³-hybridized carbons (Fsp3) is 1.00. The van der Waals surface area contributed by atoms with Crippen LogP contribution in [0.3, 0.4) is 0 Å². The van der Waals surface area contributed by atoms with Crippen LogP contribution in [0.4, 0.5) is 0 Å². The predicted octanol–water partition coefficient (Wildman–Crippen LogP) is 2.41. The number of likely N-dealkylation sites (N-methyl/N-ethyl adjacent to an activating group) is 1. The number of rotatable bonds is 11. The van der Waals surface area contributed by atoms with E-state index in [0.29, 0.717) is 6.10 Å². The second kappa shape index (κ2) is 10.5. The Labute approximate surface area is 131 Å². The Morgan fingerprint density at radius 2 is 2.14 bits per heavy atom. The summed E-state index contributed by atoms with van der Waals surface area (Å²) in [5.74, 6) is 0. The van der Waals surface area contributed by atoms with Crippen molar-refractivity contribution in [1.82, 2.24) is 10.2 Å². The molecule has 126 valence electrons. The zero-order valence-electron chi connectivity index (χ0n) is 14.4. The Kier molecular flexibility index (Phi) is 9.49. The van der Waals surface area contributed by atoms with E-state index in [0.717, 1.165) is 51.9 Å². The SMILES string of the molecule is CCCOC1CCCN(CCCC(CC)(CO)NCC)C1. The summed E-state index contributed by atoms with van der Waals surface area (Å²) in [6.45, 7) is 11.9. The van der Waals surface area contributed by atoms with Gasteiger partial charge in [0.2, 0.25) is 0 Å². The normalized spacial score (nSPS) is 23.1. The lowest BCUT2D eigenvalue weighted by atomic mass is 9.91. The smallest absolute Gasteiger partial charge is 0.0702 e. The van der Waals surface area contributed by atoms with Crippen molar-refractivity contribution in [2.24, 2.45) is 0 Å². The molecule has 0 aromatic heterocycles. The van der Waals surface area contributed by atoms with Gasteiger partial charge >= 0.3 is 0 Å². The van der Waals surface area contributed by atoms with E-state index in [4.69, 9.17) is 4.74 Å². The number of nitrogens with one attached hydrogen (secondary N) is 1. The maximum atomic E-state index is 9.69. The monoisotopic (exact) mass is 300 g/mol. The second-order valence-electron chi connectivity index (χ2n) is 6.36. The molecule has 0 spiro atoms. The molecule has 0 aromatic carbocycles. The molecule has 0 aromatic rings. The molecule has 0 aliphatic carbocycles. The van der Waals surface area contributed by atoms with Crippen molar-refractivity contribution in [3.63, 3.8) is 0 Å². The molecule has 1 aliphatic heterocycles. The molecule has 0 amide bonds. The third-order valence-electron chi connectivity index (χ3n) is 4.68. The fourth-order valence-electron chi connectivity index (χ4n) is 3.29. The molecule has 4 nitrogen and oxygen atoms in total. The topological polar surface area (TPSA) is 44.7 Å². The summed E-state index contributed by atoms with van der Waals surface area (Å²) in [4.78, 5) is 2.54. The molecule has 1 fully saturated rings. The highest BCUT2D eigenvalue weighted by molar-refractivity contribution is 4.86. The van der Waals surface area contributed by atoms with Gasteiger partial charge < -0.3 is 20.1 Å². The van der Waals surface area contributed by atoms with Crippen LogP contribution in [-0.2, 0) is 4.74 Å². The molecule has 1 rings (SSSR count). The van der Waals surface area contributed by atoms with Crippen molar-refractivity contribution in [2.45, 2.75) is 70.9 Å². The molecule has 2 N–H and O–H groups in total. The molecule has 4 heteroatoms. The Balaban J connectivity index is 2.30. The minimum atomic E-state index is -0.0807. The van der Waals surface area contributed by atoms with E-state index in [1.54, 1.807) is 0 Å². The number of aliphatic hydroxyl groups excluding tert-OH is 1. The van der Waals surface area contributed by atoms with Crippen LogP contribution in [0.1, 0.15) is 59.3 Å². The van der Waals surface area contributed by atoms with Crippen molar-refractivity contribution >= 4 is 0 Å². The van der Waals surface area contributed by atoms with Gasteiger partial charge in [-0.3, -0.25) is 0 Å². The van der Waals surface area contributed by atoms with E-state index in [9.17, 15) is 5.11 Å².